The van der Waals surface area contributed by atoms with Crippen LogP contribution in [-0.2, 0) is 31.2 Å². The third kappa shape index (κ3) is 14.9. The fraction of sp³-hybridized carbons (Fsp3) is 0.400. The zero-order chi connectivity index (χ0) is 24.9. The smallest absolute Gasteiger partial charge is 0.348 e. The number of nitro groups is 3. The fourth-order valence-corrected chi connectivity index (χ4v) is 1.55. The van der Waals surface area contributed by atoms with Gasteiger partial charge in [-0.2, -0.15) is 0 Å². The summed E-state index contributed by atoms with van der Waals surface area (Å²) in [6.07, 6.45) is 0. The molecule has 0 bridgehead atoms. The van der Waals surface area contributed by atoms with Gasteiger partial charge < -0.3 is 15.3 Å². The molecule has 0 aromatic rings. The number of ketones is 3. The zero-order valence-electron chi connectivity index (χ0n) is 17.2. The molecule has 0 aliphatic rings. The first-order valence-corrected chi connectivity index (χ1v) is 7.55. The van der Waals surface area contributed by atoms with E-state index in [1.807, 2.05) is 0 Å². The van der Waals surface area contributed by atoms with Crippen LogP contribution in [0.4, 0.5) is 0 Å². The van der Waals surface area contributed by atoms with Crippen molar-refractivity contribution in [1.82, 2.24) is 0 Å². The second-order valence-corrected chi connectivity index (χ2v) is 5.24. The Hall–Kier alpha value is -3.66. The minimum absolute atomic E-state index is 0. The van der Waals surface area contributed by atoms with Gasteiger partial charge in [0.05, 0.1) is 14.8 Å². The molecule has 31 heavy (non-hydrogen) atoms. The molecule has 15 nitrogen and oxygen atoms in total. The van der Waals surface area contributed by atoms with E-state index in [0.29, 0.717) is 0 Å². The topological polar surface area (TPSA) is 241 Å². The number of carbonyl (C=O) groups excluding carboxylic acids is 3. The van der Waals surface area contributed by atoms with Gasteiger partial charge in [-0.3, -0.25) is 44.7 Å². The molecule has 0 saturated carbocycles. The van der Waals surface area contributed by atoms with Crippen LogP contribution in [-0.4, -0.2) is 47.4 Å². The van der Waals surface area contributed by atoms with Gasteiger partial charge in [-0.05, 0) is 0 Å². The summed E-state index contributed by atoms with van der Waals surface area (Å²) in [4.78, 5) is 58.2. The molecule has 0 heterocycles. The first-order valence-electron chi connectivity index (χ1n) is 7.55. The molecule has 0 rings (SSSR count). The van der Waals surface area contributed by atoms with Gasteiger partial charge in [0, 0.05) is 58.3 Å². The third-order valence-corrected chi connectivity index (χ3v) is 2.58. The summed E-state index contributed by atoms with van der Waals surface area (Å²) in [7, 11) is 0. The van der Waals surface area contributed by atoms with E-state index in [2.05, 4.69) is 0 Å². The molecule has 0 amide bonds. The molecule has 0 aromatic carbocycles. The van der Waals surface area contributed by atoms with E-state index in [-0.39, 0.29) is 16.8 Å². The third-order valence-electron chi connectivity index (χ3n) is 2.58. The Bertz CT molecular complexity index is 673. The molecule has 0 spiro atoms. The SMILES string of the molecule is CC(=O)/C(=C(/C)O)[N+](=O)[O-].CC(=O)/C(=C(/C)O)[N+](=O)[O-].CC(=O)/C(=C(/C)O)[N+](=O)[O-].[Co]. The Morgan fingerprint density at radius 1 is 0.516 bits per heavy atom. The summed E-state index contributed by atoms with van der Waals surface area (Å²) >= 11 is 0. The van der Waals surface area contributed by atoms with Crippen LogP contribution in [0.3, 0.4) is 0 Å². The van der Waals surface area contributed by atoms with Crippen molar-refractivity contribution in [1.29, 1.82) is 0 Å². The first-order chi connectivity index (χ1) is 13.4. The number of hydrogen-bond acceptors (Lipinski definition) is 12. The van der Waals surface area contributed by atoms with Crippen molar-refractivity contribution >= 4 is 17.3 Å². The molecule has 1 radical (unpaired) electrons. The normalized spacial score (nSPS) is 11.8. The Balaban J connectivity index is -0.000000174. The quantitative estimate of drug-likeness (QED) is 0.207. The van der Waals surface area contributed by atoms with E-state index in [4.69, 9.17) is 15.3 Å². The summed E-state index contributed by atoms with van der Waals surface area (Å²) in [6, 6.07) is 0. The van der Waals surface area contributed by atoms with E-state index in [9.17, 15) is 44.7 Å². The van der Waals surface area contributed by atoms with E-state index in [1.165, 1.54) is 0 Å². The maximum Gasteiger partial charge on any atom is 0.348 e. The maximum absolute atomic E-state index is 10.4. The molecular formula is C15H21CoN3O12. The van der Waals surface area contributed by atoms with E-state index in [1.54, 1.807) is 0 Å². The van der Waals surface area contributed by atoms with Crippen LogP contribution in [0.2, 0.25) is 0 Å². The standard InChI is InChI=1S/3C5H7NO4.Co/c3*1-3(7)5(4(2)8)6(9)10;/h3*7H,1-2H3;/b3*5-3+;. The molecule has 177 valence electrons. The number of aliphatic hydroxyl groups excluding tert-OH is 3. The van der Waals surface area contributed by atoms with Gasteiger partial charge in [0.15, 0.2) is 17.3 Å². The van der Waals surface area contributed by atoms with Crippen LogP contribution in [0.1, 0.15) is 41.5 Å². The van der Waals surface area contributed by atoms with Crippen molar-refractivity contribution in [3.8, 4) is 0 Å². The Morgan fingerprint density at radius 3 is 0.645 bits per heavy atom. The minimum Gasteiger partial charge on any atom is -0.506 e. The summed E-state index contributed by atoms with van der Waals surface area (Å²) in [5.74, 6) is -3.91. The summed E-state index contributed by atoms with van der Waals surface area (Å²) in [5.41, 5.74) is -2.25. The molecule has 3 N–H and O–H groups in total. The molecule has 0 aliphatic heterocycles. The molecule has 0 saturated heterocycles. The van der Waals surface area contributed by atoms with Gasteiger partial charge in [0.1, 0.15) is 0 Å². The monoisotopic (exact) mass is 494 g/mol. The van der Waals surface area contributed by atoms with Crippen LogP contribution in [0, 0.1) is 30.3 Å². The van der Waals surface area contributed by atoms with Crippen molar-refractivity contribution in [2.75, 3.05) is 0 Å². The maximum atomic E-state index is 10.4. The van der Waals surface area contributed by atoms with E-state index in [0.717, 1.165) is 41.5 Å². The number of hydrogen-bond donors (Lipinski definition) is 3. The van der Waals surface area contributed by atoms with Crippen LogP contribution < -0.4 is 0 Å². The van der Waals surface area contributed by atoms with E-state index < -0.39 is 66.5 Å². The van der Waals surface area contributed by atoms with Gasteiger partial charge in [-0.25, -0.2) is 0 Å². The average Bonchev–Trinajstić information content (AvgIpc) is 2.43. The number of allylic oxidation sites excluding steroid dienone is 6. The molecule has 0 atom stereocenters. The van der Waals surface area contributed by atoms with Gasteiger partial charge in [0.2, 0.25) is 17.3 Å². The van der Waals surface area contributed by atoms with Gasteiger partial charge in [-0.15, -0.1) is 0 Å². The van der Waals surface area contributed by atoms with Crippen molar-refractivity contribution < 1.29 is 61.3 Å². The first kappa shape index (κ1) is 34.8. The summed E-state index contributed by atoms with van der Waals surface area (Å²) < 4.78 is 0. The van der Waals surface area contributed by atoms with Gasteiger partial charge in [-0.1, -0.05) is 0 Å². The summed E-state index contributed by atoms with van der Waals surface area (Å²) in [5, 5.41) is 55.6. The second-order valence-electron chi connectivity index (χ2n) is 5.24. The summed E-state index contributed by atoms with van der Waals surface area (Å²) in [6.45, 7) is 6.37. The van der Waals surface area contributed by atoms with Crippen LogP contribution in [0.15, 0.2) is 34.4 Å². The molecule has 0 unspecified atom stereocenters. The van der Waals surface area contributed by atoms with Gasteiger partial charge in [0.25, 0.3) is 0 Å². The van der Waals surface area contributed by atoms with Gasteiger partial charge >= 0.3 is 17.1 Å². The Labute approximate surface area is 185 Å². The van der Waals surface area contributed by atoms with Crippen molar-refractivity contribution in [2.24, 2.45) is 0 Å². The second kappa shape index (κ2) is 16.2. The number of aliphatic hydroxyl groups is 3. The van der Waals surface area contributed by atoms with Crippen LogP contribution >= 0.6 is 0 Å². The fourth-order valence-electron chi connectivity index (χ4n) is 1.55. The van der Waals surface area contributed by atoms with E-state index >= 15 is 0 Å². The number of Topliss-reactive ketones (excluding diaryl/α,β-unsaturated/α-hetero) is 3. The zero-order valence-corrected chi connectivity index (χ0v) is 18.2. The van der Waals surface area contributed by atoms with Crippen molar-refractivity contribution in [2.45, 2.75) is 41.5 Å². The van der Waals surface area contributed by atoms with Crippen LogP contribution in [0.5, 0.6) is 0 Å². The molecule has 0 aliphatic carbocycles. The number of carbonyl (C=O) groups is 3. The Kier molecular flexibility index (Phi) is 18.2. The Morgan fingerprint density at radius 2 is 0.645 bits per heavy atom. The molecular weight excluding hydrogens is 473 g/mol. The van der Waals surface area contributed by atoms with Crippen molar-refractivity contribution in [3.05, 3.63) is 64.7 Å². The van der Waals surface area contributed by atoms with Crippen molar-refractivity contribution in [3.63, 3.8) is 0 Å². The number of nitrogens with zero attached hydrogens (tertiary/aromatic N) is 3. The molecule has 0 aromatic heterocycles. The average molecular weight is 494 g/mol. The predicted octanol–water partition coefficient (Wildman–Crippen LogP) is 1.92. The molecule has 0 fully saturated rings. The molecule has 16 heteroatoms. The minimum atomic E-state index is -0.905. The predicted molar refractivity (Wildman–Crippen MR) is 99.0 cm³/mol. The number of rotatable bonds is 6. The van der Waals surface area contributed by atoms with Crippen LogP contribution in [0.25, 0.3) is 0 Å². The largest absolute Gasteiger partial charge is 0.506 e.